The van der Waals surface area contributed by atoms with Crippen molar-refractivity contribution in [3.8, 4) is 0 Å². The number of hydrogen-bond acceptors (Lipinski definition) is 0. The minimum Gasteiger partial charge on any atom is -1.00 e. The molecule has 0 saturated carbocycles. The van der Waals surface area contributed by atoms with Gasteiger partial charge in [0.15, 0.2) is 0 Å². The molecule has 0 nitrogen and oxygen atoms in total. The van der Waals surface area contributed by atoms with Gasteiger partial charge in [-0.1, -0.05) is 30.3 Å². The van der Waals surface area contributed by atoms with Crippen LogP contribution in [0.3, 0.4) is 0 Å². The molecule has 0 amide bonds. The topological polar surface area (TPSA) is 0 Å². The van der Waals surface area contributed by atoms with Crippen molar-refractivity contribution in [2.45, 2.75) is 6.18 Å². The van der Waals surface area contributed by atoms with E-state index in [4.69, 9.17) is 0 Å². The van der Waals surface area contributed by atoms with E-state index in [0.29, 0.717) is 0 Å². The Labute approximate surface area is 103 Å². The zero-order valence-electron chi connectivity index (χ0n) is 6.48. The van der Waals surface area contributed by atoms with Gasteiger partial charge in [-0.15, -0.1) is 0 Å². The SMILES string of the molecule is FC(F)(F)c1ccccc1.[Cl-].[Cl-].[Mg+2]. The van der Waals surface area contributed by atoms with Gasteiger partial charge < -0.3 is 24.8 Å². The van der Waals surface area contributed by atoms with Gasteiger partial charge >= 0.3 is 29.2 Å². The zero-order valence-corrected chi connectivity index (χ0v) is 9.41. The monoisotopic (exact) mass is 240 g/mol. The maximum atomic E-state index is 11.8. The minimum absolute atomic E-state index is 0. The normalized spacial score (nSPS) is 8.85. The minimum atomic E-state index is -4.21. The van der Waals surface area contributed by atoms with E-state index in [0.717, 1.165) is 12.1 Å². The molecule has 0 saturated heterocycles. The Morgan fingerprint density at radius 1 is 0.846 bits per heavy atom. The van der Waals surface area contributed by atoms with Crippen LogP contribution >= 0.6 is 0 Å². The van der Waals surface area contributed by atoms with Crippen LogP contribution in [-0.2, 0) is 6.18 Å². The third-order valence-electron chi connectivity index (χ3n) is 1.10. The number of hydrogen-bond donors (Lipinski definition) is 0. The molecule has 70 valence electrons. The van der Waals surface area contributed by atoms with Crippen molar-refractivity contribution in [1.82, 2.24) is 0 Å². The summed E-state index contributed by atoms with van der Waals surface area (Å²) in [4.78, 5) is 0. The number of rotatable bonds is 0. The number of alkyl halides is 3. The van der Waals surface area contributed by atoms with E-state index in [9.17, 15) is 13.2 Å². The van der Waals surface area contributed by atoms with Crippen molar-refractivity contribution in [3.05, 3.63) is 35.9 Å². The quantitative estimate of drug-likeness (QED) is 0.411. The predicted octanol–water partition coefficient (Wildman–Crippen LogP) is -3.67. The van der Waals surface area contributed by atoms with Crippen LogP contribution in [0.4, 0.5) is 13.2 Å². The molecule has 0 spiro atoms. The molecule has 0 aliphatic carbocycles. The third-order valence-corrected chi connectivity index (χ3v) is 1.10. The fourth-order valence-electron chi connectivity index (χ4n) is 0.627. The van der Waals surface area contributed by atoms with Crippen LogP contribution in [0.1, 0.15) is 5.56 Å². The summed E-state index contributed by atoms with van der Waals surface area (Å²) in [5.74, 6) is 0. The Morgan fingerprint density at radius 2 is 1.23 bits per heavy atom. The molecule has 0 heterocycles. The smallest absolute Gasteiger partial charge is 1.00 e. The second kappa shape index (κ2) is 7.73. The summed E-state index contributed by atoms with van der Waals surface area (Å²) in [7, 11) is 0. The molecule has 1 rings (SSSR count). The fraction of sp³-hybridized carbons (Fsp3) is 0.143. The van der Waals surface area contributed by atoms with Crippen LogP contribution in [0.15, 0.2) is 30.3 Å². The van der Waals surface area contributed by atoms with Crippen LogP contribution in [0.5, 0.6) is 0 Å². The molecule has 0 bridgehead atoms. The first-order valence-corrected chi connectivity index (χ1v) is 2.73. The Bertz CT molecular complexity index is 213. The van der Waals surface area contributed by atoms with Gasteiger partial charge in [-0.3, -0.25) is 0 Å². The Hall–Kier alpha value is 0.356. The summed E-state index contributed by atoms with van der Waals surface area (Å²) < 4.78 is 35.4. The van der Waals surface area contributed by atoms with E-state index in [1.54, 1.807) is 6.07 Å². The van der Waals surface area contributed by atoms with Gasteiger partial charge in [-0.2, -0.15) is 13.2 Å². The zero-order chi connectivity index (χ0) is 7.61. The molecule has 1 aromatic carbocycles. The maximum absolute atomic E-state index is 11.8. The molecule has 0 radical (unpaired) electrons. The molecule has 0 aliphatic rings. The summed E-state index contributed by atoms with van der Waals surface area (Å²) >= 11 is 0. The van der Waals surface area contributed by atoms with E-state index < -0.39 is 11.7 Å². The standard InChI is InChI=1S/C7H5F3.2ClH.Mg/c8-7(9,10)6-4-2-1-3-5-6;;;/h1-5H;2*1H;/q;;;+2/p-2. The molecule has 0 aromatic heterocycles. The van der Waals surface area contributed by atoms with E-state index in [1.165, 1.54) is 12.1 Å². The van der Waals surface area contributed by atoms with Gasteiger partial charge in [-0.25, -0.2) is 0 Å². The Kier molecular flexibility index (Phi) is 11.3. The molecule has 6 heteroatoms. The van der Waals surface area contributed by atoms with Crippen molar-refractivity contribution in [2.24, 2.45) is 0 Å². The molecular formula is C7H5Cl2F3Mg. The first-order valence-electron chi connectivity index (χ1n) is 2.73. The van der Waals surface area contributed by atoms with Crippen molar-refractivity contribution >= 4 is 23.1 Å². The number of benzene rings is 1. The summed E-state index contributed by atoms with van der Waals surface area (Å²) in [6.07, 6.45) is -4.21. The Balaban J connectivity index is -0.000000333. The summed E-state index contributed by atoms with van der Waals surface area (Å²) in [5.41, 5.74) is -0.602. The van der Waals surface area contributed by atoms with E-state index in [-0.39, 0.29) is 47.9 Å². The molecule has 0 aliphatic heterocycles. The van der Waals surface area contributed by atoms with Gasteiger partial charge in [0.1, 0.15) is 0 Å². The summed E-state index contributed by atoms with van der Waals surface area (Å²) in [6, 6.07) is 6.36. The molecule has 0 atom stereocenters. The molecule has 0 unspecified atom stereocenters. The van der Waals surface area contributed by atoms with Gasteiger partial charge in [0.2, 0.25) is 0 Å². The van der Waals surface area contributed by atoms with E-state index in [1.807, 2.05) is 0 Å². The summed E-state index contributed by atoms with van der Waals surface area (Å²) in [5, 5.41) is 0. The largest absolute Gasteiger partial charge is 2.00 e. The molecule has 0 fully saturated rings. The van der Waals surface area contributed by atoms with E-state index >= 15 is 0 Å². The van der Waals surface area contributed by atoms with Crippen molar-refractivity contribution in [3.63, 3.8) is 0 Å². The first kappa shape index (κ1) is 19.0. The van der Waals surface area contributed by atoms with Crippen LogP contribution in [-0.4, -0.2) is 23.1 Å². The molecular weight excluding hydrogens is 236 g/mol. The van der Waals surface area contributed by atoms with Crippen molar-refractivity contribution in [2.75, 3.05) is 0 Å². The van der Waals surface area contributed by atoms with Crippen LogP contribution < -0.4 is 24.8 Å². The maximum Gasteiger partial charge on any atom is 2.00 e. The van der Waals surface area contributed by atoms with Gasteiger partial charge in [0.25, 0.3) is 0 Å². The van der Waals surface area contributed by atoms with Gasteiger partial charge in [0.05, 0.1) is 5.56 Å². The molecule has 13 heavy (non-hydrogen) atoms. The number of halogens is 5. The van der Waals surface area contributed by atoms with Crippen LogP contribution in [0.25, 0.3) is 0 Å². The van der Waals surface area contributed by atoms with Crippen LogP contribution in [0, 0.1) is 0 Å². The van der Waals surface area contributed by atoms with Crippen molar-refractivity contribution < 1.29 is 38.0 Å². The molecule has 0 N–H and O–H groups in total. The predicted molar refractivity (Wildman–Crippen MR) is 37.2 cm³/mol. The van der Waals surface area contributed by atoms with Gasteiger partial charge in [0, 0.05) is 0 Å². The Morgan fingerprint density at radius 3 is 1.46 bits per heavy atom. The van der Waals surface area contributed by atoms with E-state index in [2.05, 4.69) is 0 Å². The fourth-order valence-corrected chi connectivity index (χ4v) is 0.627. The molecule has 1 aromatic rings. The second-order valence-electron chi connectivity index (χ2n) is 1.86. The first-order chi connectivity index (χ1) is 4.61. The van der Waals surface area contributed by atoms with Crippen molar-refractivity contribution in [1.29, 1.82) is 0 Å². The average Bonchev–Trinajstić information content (AvgIpc) is 1.88. The average molecular weight is 241 g/mol. The van der Waals surface area contributed by atoms with Crippen LogP contribution in [0.2, 0.25) is 0 Å². The third kappa shape index (κ3) is 6.43. The van der Waals surface area contributed by atoms with Gasteiger partial charge in [-0.05, 0) is 0 Å². The summed E-state index contributed by atoms with van der Waals surface area (Å²) in [6.45, 7) is 0. The second-order valence-corrected chi connectivity index (χ2v) is 1.86.